The third-order valence-electron chi connectivity index (χ3n) is 7.22. The summed E-state index contributed by atoms with van der Waals surface area (Å²) >= 11 is 12.6. The van der Waals surface area contributed by atoms with E-state index < -0.39 is 28.5 Å². The maximum Gasteiger partial charge on any atom is 0.264 e. The molecular formula is C34H35Cl2N3O4S. The predicted molar refractivity (Wildman–Crippen MR) is 176 cm³/mol. The van der Waals surface area contributed by atoms with Crippen molar-refractivity contribution in [3.8, 4) is 0 Å². The van der Waals surface area contributed by atoms with Gasteiger partial charge in [0.1, 0.15) is 12.6 Å². The van der Waals surface area contributed by atoms with E-state index in [1.807, 2.05) is 50.2 Å². The summed E-state index contributed by atoms with van der Waals surface area (Å²) in [5.74, 6) is -0.900. The van der Waals surface area contributed by atoms with Crippen molar-refractivity contribution in [3.05, 3.63) is 130 Å². The van der Waals surface area contributed by atoms with Gasteiger partial charge in [-0.25, -0.2) is 8.42 Å². The molecule has 7 nitrogen and oxygen atoms in total. The summed E-state index contributed by atoms with van der Waals surface area (Å²) in [6, 6.07) is 29.6. The monoisotopic (exact) mass is 651 g/mol. The molecule has 4 aromatic carbocycles. The van der Waals surface area contributed by atoms with E-state index in [0.717, 1.165) is 9.87 Å². The Balaban J connectivity index is 1.80. The molecule has 0 spiro atoms. The van der Waals surface area contributed by atoms with Crippen LogP contribution in [0.2, 0.25) is 10.0 Å². The zero-order valence-electron chi connectivity index (χ0n) is 24.6. The molecule has 0 aliphatic rings. The number of anilines is 1. The third-order valence-corrected chi connectivity index (χ3v) is 9.48. The molecule has 4 aromatic rings. The summed E-state index contributed by atoms with van der Waals surface area (Å²) in [7, 11) is -4.20. The molecule has 0 aliphatic heterocycles. The Bertz CT molecular complexity index is 1670. The van der Waals surface area contributed by atoms with Crippen molar-refractivity contribution < 1.29 is 18.0 Å². The van der Waals surface area contributed by atoms with Crippen LogP contribution in [0.3, 0.4) is 0 Å². The normalized spacial score (nSPS) is 12.6. The Hall–Kier alpha value is -3.85. The number of sulfonamides is 1. The lowest BCUT2D eigenvalue weighted by Crippen LogP contribution is -2.54. The van der Waals surface area contributed by atoms with Gasteiger partial charge in [-0.3, -0.25) is 13.9 Å². The second-order valence-corrected chi connectivity index (χ2v) is 13.2. The van der Waals surface area contributed by atoms with Crippen molar-refractivity contribution in [2.45, 2.75) is 50.2 Å². The summed E-state index contributed by atoms with van der Waals surface area (Å²) in [5, 5.41) is 3.81. The van der Waals surface area contributed by atoms with Crippen LogP contribution < -0.4 is 9.62 Å². The molecule has 0 radical (unpaired) electrons. The first-order valence-corrected chi connectivity index (χ1v) is 16.5. The quantitative estimate of drug-likeness (QED) is 0.173. The number of rotatable bonds is 13. The second-order valence-electron chi connectivity index (χ2n) is 10.5. The van der Waals surface area contributed by atoms with E-state index in [1.54, 1.807) is 54.6 Å². The van der Waals surface area contributed by atoms with E-state index in [0.29, 0.717) is 22.0 Å². The summed E-state index contributed by atoms with van der Waals surface area (Å²) in [4.78, 5) is 29.8. The molecule has 0 fully saturated rings. The first-order chi connectivity index (χ1) is 21.1. The van der Waals surface area contributed by atoms with Crippen LogP contribution in [0.15, 0.2) is 114 Å². The minimum atomic E-state index is -4.20. The highest BCUT2D eigenvalue weighted by molar-refractivity contribution is 7.92. The Labute approximate surface area is 269 Å². The van der Waals surface area contributed by atoms with Crippen LogP contribution in [0, 0.1) is 0 Å². The van der Waals surface area contributed by atoms with Gasteiger partial charge in [0.25, 0.3) is 10.0 Å². The van der Waals surface area contributed by atoms with Crippen molar-refractivity contribution in [3.63, 3.8) is 0 Å². The van der Waals surface area contributed by atoms with Crippen LogP contribution in [-0.2, 0) is 32.6 Å². The van der Waals surface area contributed by atoms with Gasteiger partial charge in [0.05, 0.1) is 10.6 Å². The summed E-state index contributed by atoms with van der Waals surface area (Å²) in [5.41, 5.74) is 1.77. The molecule has 0 aromatic heterocycles. The van der Waals surface area contributed by atoms with E-state index in [-0.39, 0.29) is 35.5 Å². The van der Waals surface area contributed by atoms with E-state index in [9.17, 15) is 18.0 Å². The van der Waals surface area contributed by atoms with Gasteiger partial charge in [-0.2, -0.15) is 0 Å². The molecule has 0 saturated heterocycles. The Morgan fingerprint density at radius 3 is 2.00 bits per heavy atom. The Kier molecular flexibility index (Phi) is 11.4. The topological polar surface area (TPSA) is 86.8 Å². The van der Waals surface area contributed by atoms with Gasteiger partial charge >= 0.3 is 0 Å². The zero-order chi connectivity index (χ0) is 31.7. The van der Waals surface area contributed by atoms with Crippen LogP contribution in [0.4, 0.5) is 5.69 Å². The van der Waals surface area contributed by atoms with Gasteiger partial charge in [-0.15, -0.1) is 0 Å². The zero-order valence-corrected chi connectivity index (χ0v) is 26.9. The largest absolute Gasteiger partial charge is 0.352 e. The van der Waals surface area contributed by atoms with Gasteiger partial charge < -0.3 is 10.2 Å². The van der Waals surface area contributed by atoms with E-state index >= 15 is 0 Å². The number of carbonyl (C=O) groups excluding carboxylic acids is 2. The molecule has 0 heterocycles. The molecular weight excluding hydrogens is 617 g/mol. The van der Waals surface area contributed by atoms with Crippen molar-refractivity contribution in [1.82, 2.24) is 10.2 Å². The number of carbonyl (C=O) groups is 2. The number of halogens is 2. The number of nitrogens with zero attached hydrogens (tertiary/aromatic N) is 2. The first kappa shape index (κ1) is 33.1. The molecule has 4 rings (SSSR count). The van der Waals surface area contributed by atoms with Crippen LogP contribution in [0.25, 0.3) is 0 Å². The number of amides is 2. The molecule has 0 bridgehead atoms. The fourth-order valence-corrected chi connectivity index (χ4v) is 6.53. The van der Waals surface area contributed by atoms with Gasteiger partial charge in [-0.1, -0.05) is 96.9 Å². The fourth-order valence-electron chi connectivity index (χ4n) is 4.71. The summed E-state index contributed by atoms with van der Waals surface area (Å²) in [6.45, 7) is 3.32. The average Bonchev–Trinajstić information content (AvgIpc) is 3.02. The van der Waals surface area contributed by atoms with Crippen LogP contribution in [0.5, 0.6) is 0 Å². The van der Waals surface area contributed by atoms with E-state index in [4.69, 9.17) is 23.2 Å². The summed E-state index contributed by atoms with van der Waals surface area (Å²) < 4.78 is 29.0. The number of benzene rings is 4. The molecule has 2 amide bonds. The highest BCUT2D eigenvalue weighted by Gasteiger charge is 2.35. The molecule has 1 N–H and O–H groups in total. The van der Waals surface area contributed by atoms with Crippen LogP contribution >= 0.6 is 23.2 Å². The van der Waals surface area contributed by atoms with E-state index in [1.165, 1.54) is 23.1 Å². The lowest BCUT2D eigenvalue weighted by Gasteiger charge is -2.34. The molecule has 44 heavy (non-hydrogen) atoms. The maximum atomic E-state index is 14.4. The van der Waals surface area contributed by atoms with Gasteiger partial charge in [0.15, 0.2) is 0 Å². The highest BCUT2D eigenvalue weighted by Crippen LogP contribution is 2.27. The minimum Gasteiger partial charge on any atom is -0.352 e. The van der Waals surface area contributed by atoms with Crippen molar-refractivity contribution in [2.24, 2.45) is 0 Å². The Morgan fingerprint density at radius 2 is 1.39 bits per heavy atom. The van der Waals surface area contributed by atoms with Crippen molar-refractivity contribution >= 4 is 50.7 Å². The standard InChI is InChI=1S/C34H35Cl2N3O4S/c1-3-25(2)37-34(41)32(21-26-12-6-4-7-13-26)38(23-27-14-10-15-28(35)20-27)33(40)24-39(30-17-11-16-29(36)22-30)44(42,43)31-18-8-5-9-19-31/h4-20,22,25,32H,3,21,23-24H2,1-2H3,(H,37,41)/t25-,32+/m0/s1. The molecule has 10 heteroatoms. The van der Waals surface area contributed by atoms with Crippen molar-refractivity contribution in [2.75, 3.05) is 10.8 Å². The summed E-state index contributed by atoms with van der Waals surface area (Å²) in [6.07, 6.45) is 0.919. The lowest BCUT2D eigenvalue weighted by molar-refractivity contribution is -0.140. The predicted octanol–water partition coefficient (Wildman–Crippen LogP) is 6.74. The van der Waals surface area contributed by atoms with Gasteiger partial charge in [-0.05, 0) is 66.9 Å². The van der Waals surface area contributed by atoms with Crippen molar-refractivity contribution in [1.29, 1.82) is 0 Å². The number of hydrogen-bond donors (Lipinski definition) is 1. The van der Waals surface area contributed by atoms with Crippen LogP contribution in [0.1, 0.15) is 31.4 Å². The first-order valence-electron chi connectivity index (χ1n) is 14.3. The SMILES string of the molecule is CC[C@H](C)NC(=O)[C@@H](Cc1ccccc1)N(Cc1cccc(Cl)c1)C(=O)CN(c1cccc(Cl)c1)S(=O)(=O)c1ccccc1. The van der Waals surface area contributed by atoms with Gasteiger partial charge in [0, 0.05) is 29.1 Å². The highest BCUT2D eigenvalue weighted by atomic mass is 35.5. The minimum absolute atomic E-state index is 0.0181. The smallest absolute Gasteiger partial charge is 0.264 e. The third kappa shape index (κ3) is 8.62. The molecule has 0 aliphatic carbocycles. The molecule has 230 valence electrons. The molecule has 0 saturated carbocycles. The number of nitrogens with one attached hydrogen (secondary N) is 1. The van der Waals surface area contributed by atoms with E-state index in [2.05, 4.69) is 5.32 Å². The molecule has 0 unspecified atom stereocenters. The fraction of sp³-hybridized carbons (Fsp3) is 0.235. The maximum absolute atomic E-state index is 14.4. The number of hydrogen-bond acceptors (Lipinski definition) is 4. The Morgan fingerprint density at radius 1 is 0.795 bits per heavy atom. The van der Waals surface area contributed by atoms with Gasteiger partial charge in [0.2, 0.25) is 11.8 Å². The lowest BCUT2D eigenvalue weighted by atomic mass is 10.0. The second kappa shape index (κ2) is 15.2. The van der Waals surface area contributed by atoms with Crippen LogP contribution in [-0.4, -0.2) is 43.8 Å². The molecule has 2 atom stereocenters. The average molecular weight is 653 g/mol.